The molecule has 0 atom stereocenters. The van der Waals surface area contributed by atoms with Crippen molar-refractivity contribution >= 4 is 18.4 Å². The summed E-state index contributed by atoms with van der Waals surface area (Å²) in [5.41, 5.74) is 6.41. The highest BCUT2D eigenvalue weighted by atomic mass is 28.3. The molecule has 0 nitrogen and oxygen atoms in total. The van der Waals surface area contributed by atoms with Gasteiger partial charge in [-0.05, 0) is 43.5 Å². The van der Waals surface area contributed by atoms with Crippen LogP contribution in [-0.4, -0.2) is 8.07 Å². The maximum atomic E-state index is 2.56. The van der Waals surface area contributed by atoms with E-state index in [-0.39, 0.29) is 10.8 Å². The molecule has 0 spiro atoms. The van der Waals surface area contributed by atoms with Crippen LogP contribution in [0.4, 0.5) is 0 Å². The van der Waals surface area contributed by atoms with Gasteiger partial charge in [0.15, 0.2) is 0 Å². The van der Waals surface area contributed by atoms with Crippen LogP contribution in [0, 0.1) is 0 Å². The van der Waals surface area contributed by atoms with Gasteiger partial charge in [0.2, 0.25) is 0 Å². The molecule has 0 bridgehead atoms. The van der Waals surface area contributed by atoms with Crippen LogP contribution in [0.1, 0.15) is 66.5 Å². The Bertz CT molecular complexity index is 730. The lowest BCUT2D eigenvalue weighted by Gasteiger charge is -2.30. The van der Waals surface area contributed by atoms with Gasteiger partial charge in [-0.3, -0.25) is 0 Å². The maximum absolute atomic E-state index is 2.56. The van der Waals surface area contributed by atoms with E-state index in [9.17, 15) is 0 Å². The van der Waals surface area contributed by atoms with Crippen LogP contribution in [-0.2, 0) is 10.8 Å². The summed E-state index contributed by atoms with van der Waals surface area (Å²) < 4.78 is 0. The van der Waals surface area contributed by atoms with Crippen molar-refractivity contribution in [2.75, 3.05) is 0 Å². The highest BCUT2D eigenvalue weighted by Crippen LogP contribution is 2.36. The van der Waals surface area contributed by atoms with Crippen molar-refractivity contribution in [1.29, 1.82) is 0 Å². The largest absolute Gasteiger partial charge is 0.119 e. The van der Waals surface area contributed by atoms with Crippen LogP contribution in [0.3, 0.4) is 0 Å². The third-order valence-electron chi connectivity index (χ3n) is 6.30. The van der Waals surface area contributed by atoms with Crippen molar-refractivity contribution in [3.05, 3.63) is 47.5 Å². The zero-order valence-electron chi connectivity index (χ0n) is 17.4. The average Bonchev–Trinajstić information content (AvgIpc) is 2.82. The molecule has 0 radical (unpaired) electrons. The molecule has 0 saturated heterocycles. The first-order valence-corrected chi connectivity index (χ1v) is 12.3. The van der Waals surface area contributed by atoms with Crippen LogP contribution >= 0.6 is 0 Å². The van der Waals surface area contributed by atoms with E-state index in [1.54, 1.807) is 10.4 Å². The van der Waals surface area contributed by atoms with Crippen LogP contribution in [0.25, 0.3) is 11.1 Å². The summed E-state index contributed by atoms with van der Waals surface area (Å²) in [6, 6.07) is 17.2. The van der Waals surface area contributed by atoms with E-state index in [2.05, 4.69) is 91.8 Å². The summed E-state index contributed by atoms with van der Waals surface area (Å²) in [5.74, 6) is 0. The second-order valence-electron chi connectivity index (χ2n) is 9.81. The number of benzene rings is 2. The van der Waals surface area contributed by atoms with Gasteiger partial charge in [0.1, 0.15) is 8.07 Å². The van der Waals surface area contributed by atoms with Gasteiger partial charge < -0.3 is 0 Å². The fourth-order valence-electron chi connectivity index (χ4n) is 4.44. The normalized spacial score (nSPS) is 15.8. The van der Waals surface area contributed by atoms with E-state index in [1.807, 2.05) is 0 Å². The van der Waals surface area contributed by atoms with E-state index < -0.39 is 8.07 Å². The third-order valence-corrected chi connectivity index (χ3v) is 11.6. The highest BCUT2D eigenvalue weighted by Gasteiger charge is 2.43. The van der Waals surface area contributed by atoms with Gasteiger partial charge in [-0.2, -0.15) is 0 Å². The third kappa shape index (κ3) is 2.81. The van der Waals surface area contributed by atoms with Crippen molar-refractivity contribution in [1.82, 2.24) is 0 Å². The van der Waals surface area contributed by atoms with Crippen molar-refractivity contribution in [3.63, 3.8) is 0 Å². The minimum atomic E-state index is -1.64. The molecule has 0 unspecified atom stereocenters. The van der Waals surface area contributed by atoms with E-state index >= 15 is 0 Å². The standard InChI is InChI=1S/C24H34Si/c1-9-25(10-2)21-15-17(23(3,4)5)11-13-19(21)20-14-12-18(16-22(20)25)24(6,7)8/h11-16H,9-10H2,1-8H3. The highest BCUT2D eigenvalue weighted by molar-refractivity contribution is 7.05. The Balaban J connectivity index is 2.29. The molecule has 25 heavy (non-hydrogen) atoms. The topological polar surface area (TPSA) is 0 Å². The molecule has 3 rings (SSSR count). The van der Waals surface area contributed by atoms with E-state index in [4.69, 9.17) is 0 Å². The van der Waals surface area contributed by atoms with Gasteiger partial charge in [0, 0.05) is 0 Å². The molecule has 1 aliphatic heterocycles. The monoisotopic (exact) mass is 350 g/mol. The summed E-state index contributed by atoms with van der Waals surface area (Å²) in [5, 5.41) is 3.37. The number of hydrogen-bond acceptors (Lipinski definition) is 0. The van der Waals surface area contributed by atoms with Crippen molar-refractivity contribution in [2.24, 2.45) is 0 Å². The Kier molecular flexibility index (Phi) is 4.31. The average molecular weight is 351 g/mol. The molecular weight excluding hydrogens is 316 g/mol. The van der Waals surface area contributed by atoms with Crippen LogP contribution in [0.15, 0.2) is 36.4 Å². The molecule has 0 aliphatic carbocycles. The summed E-state index contributed by atoms with van der Waals surface area (Å²) in [4.78, 5) is 0. The minimum absolute atomic E-state index is 0.210. The predicted molar refractivity (Wildman–Crippen MR) is 115 cm³/mol. The maximum Gasteiger partial charge on any atom is 0.119 e. The van der Waals surface area contributed by atoms with Gasteiger partial charge in [-0.1, -0.05) is 104 Å². The summed E-state index contributed by atoms with van der Waals surface area (Å²) in [6.07, 6.45) is 0. The van der Waals surface area contributed by atoms with Crippen molar-refractivity contribution in [2.45, 2.75) is 78.3 Å². The second-order valence-corrected chi connectivity index (χ2v) is 14.5. The molecule has 0 fully saturated rings. The minimum Gasteiger partial charge on any atom is -0.0672 e. The first-order chi connectivity index (χ1) is 11.5. The van der Waals surface area contributed by atoms with Gasteiger partial charge in [0.05, 0.1) is 0 Å². The fourth-order valence-corrected chi connectivity index (χ4v) is 9.08. The Labute approximate surface area is 155 Å². The molecule has 134 valence electrons. The molecule has 0 aromatic heterocycles. The van der Waals surface area contributed by atoms with Crippen LogP contribution in [0.5, 0.6) is 0 Å². The van der Waals surface area contributed by atoms with E-state index in [1.165, 1.54) is 34.3 Å². The lowest BCUT2D eigenvalue weighted by atomic mass is 9.85. The number of rotatable bonds is 2. The molecule has 1 aliphatic rings. The van der Waals surface area contributed by atoms with Gasteiger partial charge in [-0.15, -0.1) is 0 Å². The summed E-state index contributed by atoms with van der Waals surface area (Å²) >= 11 is 0. The lowest BCUT2D eigenvalue weighted by molar-refractivity contribution is 0.590. The second kappa shape index (κ2) is 5.84. The SMILES string of the molecule is CC[Si]1(CC)c2cc(C(C)(C)C)ccc2-c2ccc(C(C)(C)C)cc21. The first kappa shape index (κ1) is 18.4. The zero-order valence-corrected chi connectivity index (χ0v) is 18.4. The van der Waals surface area contributed by atoms with Crippen LogP contribution in [0.2, 0.25) is 12.1 Å². The Morgan fingerprint density at radius 2 is 1.00 bits per heavy atom. The molecular formula is C24H34Si. The van der Waals surface area contributed by atoms with Gasteiger partial charge >= 0.3 is 0 Å². The number of hydrogen-bond donors (Lipinski definition) is 0. The molecule has 2 aromatic rings. The van der Waals surface area contributed by atoms with Crippen molar-refractivity contribution in [3.8, 4) is 11.1 Å². The van der Waals surface area contributed by atoms with Crippen LogP contribution < -0.4 is 10.4 Å². The Hall–Kier alpha value is -1.34. The smallest absolute Gasteiger partial charge is 0.0672 e. The van der Waals surface area contributed by atoms with Gasteiger partial charge in [-0.25, -0.2) is 0 Å². The molecule has 0 N–H and O–H groups in total. The molecule has 0 amide bonds. The van der Waals surface area contributed by atoms with E-state index in [0.29, 0.717) is 0 Å². The van der Waals surface area contributed by atoms with E-state index in [0.717, 1.165) is 0 Å². The summed E-state index contributed by atoms with van der Waals surface area (Å²) in [7, 11) is -1.64. The molecule has 1 heteroatoms. The summed E-state index contributed by atoms with van der Waals surface area (Å²) in [6.45, 7) is 18.8. The first-order valence-electron chi connectivity index (χ1n) is 9.85. The molecule has 0 saturated carbocycles. The Morgan fingerprint density at radius 1 is 0.640 bits per heavy atom. The van der Waals surface area contributed by atoms with Crippen molar-refractivity contribution < 1.29 is 0 Å². The Morgan fingerprint density at radius 3 is 1.28 bits per heavy atom. The fraction of sp³-hybridized carbons (Fsp3) is 0.500. The quantitative estimate of drug-likeness (QED) is 0.595. The molecule has 1 heterocycles. The molecule has 2 aromatic carbocycles. The number of fused-ring (bicyclic) bond motifs is 3. The predicted octanol–water partition coefficient (Wildman–Crippen LogP) is 5.86. The lowest BCUT2D eigenvalue weighted by Crippen LogP contribution is -2.54. The zero-order chi connectivity index (χ0) is 18.6. The van der Waals surface area contributed by atoms with Gasteiger partial charge in [0.25, 0.3) is 0 Å².